The molecule has 0 aliphatic rings. The number of H-pyrrole nitrogens is 1. The first kappa shape index (κ1) is 16.5. The molecule has 0 bridgehead atoms. The van der Waals surface area contributed by atoms with E-state index >= 15 is 0 Å². The summed E-state index contributed by atoms with van der Waals surface area (Å²) in [5, 5.41) is 0.882. The number of aromatic amines is 1. The first-order valence-corrected chi connectivity index (χ1v) is 8.47. The molecular formula is C16H13F3N2O2S. The van der Waals surface area contributed by atoms with Gasteiger partial charge in [0.05, 0.1) is 10.5 Å². The molecule has 0 radical (unpaired) electrons. The molecule has 126 valence electrons. The fourth-order valence-electron chi connectivity index (χ4n) is 2.36. The van der Waals surface area contributed by atoms with E-state index in [4.69, 9.17) is 0 Å². The van der Waals surface area contributed by atoms with Crippen LogP contribution in [0.2, 0.25) is 0 Å². The molecule has 0 amide bonds. The van der Waals surface area contributed by atoms with Crippen molar-refractivity contribution in [3.63, 3.8) is 0 Å². The second kappa shape index (κ2) is 5.95. The molecule has 3 rings (SSSR count). The smallest absolute Gasteiger partial charge is 0.361 e. The molecule has 3 aromatic rings. The van der Waals surface area contributed by atoms with Crippen molar-refractivity contribution in [2.45, 2.75) is 17.6 Å². The Bertz CT molecular complexity index is 961. The molecule has 1 aromatic heterocycles. The van der Waals surface area contributed by atoms with Gasteiger partial charge in [-0.25, -0.2) is 13.1 Å². The zero-order valence-corrected chi connectivity index (χ0v) is 13.1. The van der Waals surface area contributed by atoms with Crippen LogP contribution in [-0.4, -0.2) is 13.4 Å². The Labute approximate surface area is 136 Å². The Balaban J connectivity index is 1.79. The molecule has 24 heavy (non-hydrogen) atoms. The van der Waals surface area contributed by atoms with Gasteiger partial charge in [-0.2, -0.15) is 13.2 Å². The van der Waals surface area contributed by atoms with Crippen molar-refractivity contribution in [2.75, 3.05) is 0 Å². The average molecular weight is 354 g/mol. The van der Waals surface area contributed by atoms with Gasteiger partial charge >= 0.3 is 6.18 Å². The maximum Gasteiger partial charge on any atom is 0.416 e. The van der Waals surface area contributed by atoms with Gasteiger partial charge in [0.1, 0.15) is 0 Å². The Hall–Kier alpha value is -2.32. The number of rotatable bonds is 4. The van der Waals surface area contributed by atoms with E-state index in [1.165, 1.54) is 0 Å². The highest BCUT2D eigenvalue weighted by molar-refractivity contribution is 7.89. The third-order valence-corrected chi connectivity index (χ3v) is 5.04. The summed E-state index contributed by atoms with van der Waals surface area (Å²) in [5.74, 6) is 0. The number of nitrogens with one attached hydrogen (secondary N) is 2. The van der Waals surface area contributed by atoms with Gasteiger partial charge < -0.3 is 4.98 Å². The number of aromatic nitrogens is 1. The van der Waals surface area contributed by atoms with E-state index in [1.54, 1.807) is 6.20 Å². The van der Waals surface area contributed by atoms with Crippen molar-refractivity contribution in [2.24, 2.45) is 0 Å². The van der Waals surface area contributed by atoms with Crippen LogP contribution in [0.25, 0.3) is 10.9 Å². The molecule has 2 aromatic carbocycles. The summed E-state index contributed by atoms with van der Waals surface area (Å²) in [7, 11) is -3.90. The first-order chi connectivity index (χ1) is 11.3. The van der Waals surface area contributed by atoms with Gasteiger partial charge in [-0.1, -0.05) is 18.2 Å². The van der Waals surface area contributed by atoms with Crippen LogP contribution in [0.5, 0.6) is 0 Å². The predicted molar refractivity (Wildman–Crippen MR) is 83.8 cm³/mol. The van der Waals surface area contributed by atoms with Gasteiger partial charge in [0.2, 0.25) is 10.0 Å². The van der Waals surface area contributed by atoms with E-state index in [0.717, 1.165) is 40.7 Å². The van der Waals surface area contributed by atoms with Crippen molar-refractivity contribution in [1.82, 2.24) is 9.71 Å². The molecule has 0 aliphatic heterocycles. The largest absolute Gasteiger partial charge is 0.416 e. The van der Waals surface area contributed by atoms with Crippen LogP contribution in [0.1, 0.15) is 11.1 Å². The van der Waals surface area contributed by atoms with Crippen LogP contribution >= 0.6 is 0 Å². The fourth-order valence-corrected chi connectivity index (χ4v) is 3.36. The van der Waals surface area contributed by atoms with Gasteiger partial charge in [0.25, 0.3) is 0 Å². The summed E-state index contributed by atoms with van der Waals surface area (Å²) >= 11 is 0. The number of fused-ring (bicyclic) bond motifs is 1. The van der Waals surface area contributed by atoms with Crippen molar-refractivity contribution in [3.05, 3.63) is 65.9 Å². The van der Waals surface area contributed by atoms with Gasteiger partial charge in [0, 0.05) is 23.6 Å². The number of hydrogen-bond donors (Lipinski definition) is 2. The summed E-state index contributed by atoms with van der Waals surface area (Å²) in [6.07, 6.45) is -2.81. The monoisotopic (exact) mass is 354 g/mol. The molecular weight excluding hydrogens is 341 g/mol. The maximum atomic E-state index is 12.5. The van der Waals surface area contributed by atoms with Crippen LogP contribution < -0.4 is 4.72 Å². The number of para-hydroxylation sites is 1. The van der Waals surface area contributed by atoms with E-state index in [1.807, 2.05) is 24.3 Å². The summed E-state index contributed by atoms with van der Waals surface area (Å²) in [6.45, 7) is 0.0351. The molecule has 0 aliphatic carbocycles. The molecule has 0 saturated carbocycles. The van der Waals surface area contributed by atoms with Crippen molar-refractivity contribution in [3.8, 4) is 0 Å². The van der Waals surface area contributed by atoms with E-state index in [-0.39, 0.29) is 11.4 Å². The second-order valence-corrected chi connectivity index (χ2v) is 6.97. The highest BCUT2D eigenvalue weighted by Crippen LogP contribution is 2.29. The van der Waals surface area contributed by atoms with Gasteiger partial charge in [-0.15, -0.1) is 0 Å². The summed E-state index contributed by atoms with van der Waals surface area (Å²) < 4.78 is 64.4. The fraction of sp³-hybridized carbons (Fsp3) is 0.125. The lowest BCUT2D eigenvalue weighted by molar-refractivity contribution is -0.137. The molecule has 1 heterocycles. The Morgan fingerprint density at radius 3 is 2.33 bits per heavy atom. The van der Waals surface area contributed by atoms with Crippen LogP contribution in [0.4, 0.5) is 13.2 Å². The molecule has 8 heteroatoms. The SMILES string of the molecule is O=S(=O)(NCc1c[nH]c2ccccc12)c1ccc(C(F)(F)F)cc1. The lowest BCUT2D eigenvalue weighted by Gasteiger charge is -2.09. The van der Waals surface area contributed by atoms with E-state index in [2.05, 4.69) is 9.71 Å². The number of benzene rings is 2. The summed E-state index contributed by atoms with van der Waals surface area (Å²) in [6, 6.07) is 10.8. The normalized spacial score (nSPS) is 12.6. The second-order valence-electron chi connectivity index (χ2n) is 5.21. The molecule has 0 fully saturated rings. The first-order valence-electron chi connectivity index (χ1n) is 6.99. The lowest BCUT2D eigenvalue weighted by Crippen LogP contribution is -2.23. The van der Waals surface area contributed by atoms with Crippen molar-refractivity contribution >= 4 is 20.9 Å². The van der Waals surface area contributed by atoms with Crippen LogP contribution in [0, 0.1) is 0 Å². The summed E-state index contributed by atoms with van der Waals surface area (Å²) in [5.41, 5.74) is 0.736. The average Bonchev–Trinajstić information content (AvgIpc) is 2.96. The third-order valence-electron chi connectivity index (χ3n) is 3.62. The van der Waals surface area contributed by atoms with Crippen LogP contribution in [0.15, 0.2) is 59.6 Å². The molecule has 0 spiro atoms. The zero-order valence-electron chi connectivity index (χ0n) is 12.3. The highest BCUT2D eigenvalue weighted by Gasteiger charge is 2.30. The van der Waals surface area contributed by atoms with Crippen molar-refractivity contribution < 1.29 is 21.6 Å². The molecule has 4 nitrogen and oxygen atoms in total. The van der Waals surface area contributed by atoms with Gasteiger partial charge in [0.15, 0.2) is 0 Å². The molecule has 0 atom stereocenters. The molecule has 2 N–H and O–H groups in total. The highest BCUT2D eigenvalue weighted by atomic mass is 32.2. The number of halogens is 3. The minimum Gasteiger partial charge on any atom is -0.361 e. The zero-order chi connectivity index (χ0) is 17.4. The topological polar surface area (TPSA) is 62.0 Å². The Kier molecular flexibility index (Phi) is 4.10. The Morgan fingerprint density at radius 1 is 1.00 bits per heavy atom. The minimum atomic E-state index is -4.50. The minimum absolute atomic E-state index is 0.0351. The molecule has 0 unspecified atom stereocenters. The number of sulfonamides is 1. The maximum absolute atomic E-state index is 12.5. The van der Waals surface area contributed by atoms with Crippen molar-refractivity contribution in [1.29, 1.82) is 0 Å². The standard InChI is InChI=1S/C16H13F3N2O2S/c17-16(18,19)12-5-7-13(8-6-12)24(22,23)21-10-11-9-20-15-4-2-1-3-14(11)15/h1-9,20-21H,10H2. The quantitative estimate of drug-likeness (QED) is 0.751. The van der Waals surface area contributed by atoms with E-state index < -0.39 is 21.8 Å². The van der Waals surface area contributed by atoms with Gasteiger partial charge in [-0.3, -0.25) is 0 Å². The lowest BCUT2D eigenvalue weighted by atomic mass is 10.2. The van der Waals surface area contributed by atoms with E-state index in [0.29, 0.717) is 0 Å². The van der Waals surface area contributed by atoms with Crippen LogP contribution in [-0.2, 0) is 22.7 Å². The predicted octanol–water partition coefficient (Wildman–Crippen LogP) is 3.67. The van der Waals surface area contributed by atoms with Gasteiger partial charge in [-0.05, 0) is 35.9 Å². The van der Waals surface area contributed by atoms with Crippen LogP contribution in [0.3, 0.4) is 0 Å². The number of alkyl halides is 3. The number of hydrogen-bond acceptors (Lipinski definition) is 2. The van der Waals surface area contributed by atoms with E-state index in [9.17, 15) is 21.6 Å². The molecule has 0 saturated heterocycles. The third kappa shape index (κ3) is 3.29. The Morgan fingerprint density at radius 2 is 1.67 bits per heavy atom. The summed E-state index contributed by atoms with van der Waals surface area (Å²) in [4.78, 5) is 2.82.